The predicted octanol–water partition coefficient (Wildman–Crippen LogP) is -0.511. The van der Waals surface area contributed by atoms with Crippen molar-refractivity contribution in [3.05, 3.63) is 54.9 Å². The quantitative estimate of drug-likeness (QED) is 0.148. The Labute approximate surface area is 208 Å². The Hall–Kier alpha value is -4.75. The first-order valence-electron chi connectivity index (χ1n) is 11.1. The minimum Gasteiger partial charge on any atom is -0.488 e. The fraction of sp³-hybridized carbons (Fsp3) is 0.318. The van der Waals surface area contributed by atoms with Crippen LogP contribution in [0.3, 0.4) is 0 Å². The maximum Gasteiger partial charge on any atom is 0.186 e. The normalized spacial score (nSPS) is 21.0. The maximum atomic E-state index is 7.77. The molecule has 14 heteroatoms. The van der Waals surface area contributed by atoms with Crippen molar-refractivity contribution in [1.29, 1.82) is 16.2 Å². The molecule has 1 saturated carbocycles. The topological polar surface area (TPSA) is 256 Å². The predicted molar refractivity (Wildman–Crippen MR) is 137 cm³/mol. The third-order valence-corrected chi connectivity index (χ3v) is 5.42. The van der Waals surface area contributed by atoms with Gasteiger partial charge in [0, 0.05) is 43.1 Å². The molecule has 0 saturated heterocycles. The summed E-state index contributed by atoms with van der Waals surface area (Å²) in [5.41, 5.74) is 23.8. The minimum atomic E-state index is -0.518. The molecule has 36 heavy (non-hydrogen) atoms. The average molecular weight is 497 g/mol. The zero-order chi connectivity index (χ0) is 26.2. The van der Waals surface area contributed by atoms with Crippen LogP contribution in [0.15, 0.2) is 49.3 Å². The molecule has 192 valence electrons. The summed E-state index contributed by atoms with van der Waals surface area (Å²) in [4.78, 5) is 8.20. The van der Waals surface area contributed by atoms with Gasteiger partial charge in [0.2, 0.25) is 0 Å². The highest BCUT2D eigenvalue weighted by Gasteiger charge is 2.41. The number of amidine groups is 1. The summed E-state index contributed by atoms with van der Waals surface area (Å²) in [6, 6.07) is 2.53. The second kappa shape index (κ2) is 11.6. The smallest absolute Gasteiger partial charge is 0.186 e. The molecule has 4 atom stereocenters. The number of hydrogen-bond donors (Lipinski definition) is 10. The summed E-state index contributed by atoms with van der Waals surface area (Å²) < 4.78 is 12.7. The van der Waals surface area contributed by atoms with Crippen LogP contribution in [0.5, 0.6) is 11.5 Å². The summed E-state index contributed by atoms with van der Waals surface area (Å²) in [5, 5.41) is 32.0. The van der Waals surface area contributed by atoms with Gasteiger partial charge in [0.1, 0.15) is 29.4 Å². The van der Waals surface area contributed by atoms with Crippen molar-refractivity contribution in [3.8, 4) is 11.5 Å². The highest BCUT2D eigenvalue weighted by atomic mass is 16.5. The van der Waals surface area contributed by atoms with Crippen molar-refractivity contribution >= 4 is 23.4 Å². The zero-order valence-electron chi connectivity index (χ0n) is 19.6. The minimum absolute atomic E-state index is 0.0268. The largest absolute Gasteiger partial charge is 0.488 e. The van der Waals surface area contributed by atoms with Crippen LogP contribution in [0.1, 0.15) is 18.4 Å². The first kappa shape index (κ1) is 25.9. The van der Waals surface area contributed by atoms with Crippen LogP contribution in [-0.2, 0) is 6.42 Å². The fourth-order valence-electron chi connectivity index (χ4n) is 4.04. The van der Waals surface area contributed by atoms with E-state index in [1.54, 1.807) is 36.9 Å². The van der Waals surface area contributed by atoms with E-state index in [4.69, 9.17) is 48.6 Å². The number of guanidine groups is 2. The van der Waals surface area contributed by atoms with Gasteiger partial charge in [-0.3, -0.25) is 26.2 Å². The second-order valence-electron chi connectivity index (χ2n) is 8.32. The van der Waals surface area contributed by atoms with Crippen LogP contribution in [0, 0.1) is 16.2 Å². The van der Waals surface area contributed by atoms with Crippen molar-refractivity contribution in [3.63, 3.8) is 0 Å². The Balaban J connectivity index is 1.92. The molecule has 0 bridgehead atoms. The number of pyridine rings is 2. The van der Waals surface area contributed by atoms with E-state index < -0.39 is 24.3 Å². The van der Waals surface area contributed by atoms with Gasteiger partial charge >= 0.3 is 0 Å². The van der Waals surface area contributed by atoms with Gasteiger partial charge in [-0.15, -0.1) is 0 Å². The molecular weight excluding hydrogens is 464 g/mol. The first-order chi connectivity index (χ1) is 17.1. The standard InChI is InChI=1S/C22H32N12O2/c1-11(23)32-15-10-31-5-3-17(15)36-19-8-18(13(33-21(26)27)7-14(19)34-22(28)29)35-16-2-4-30-9-12(16)6-20(24)25/h2-5,9-10,13-14,18-19,32H,1,6-8,23H2,(H3,24,25)(H4,26,27,33)(H4,28,29,34)/t13-,14+,18-,19+/m1/s1. The molecule has 14 nitrogen and oxygen atoms in total. The van der Waals surface area contributed by atoms with Gasteiger partial charge in [0.15, 0.2) is 11.9 Å². The van der Waals surface area contributed by atoms with Crippen LogP contribution in [0.4, 0.5) is 5.69 Å². The highest BCUT2D eigenvalue weighted by Crippen LogP contribution is 2.32. The SMILES string of the molecule is C=C(N)Nc1cnccc1O[C@H]1C[C@@H](Oc2ccncc2CC(=N)N)[C@H](NC(=N)N)C[C@@H]1NC(=N)N. The lowest BCUT2D eigenvalue weighted by Gasteiger charge is -2.42. The average Bonchev–Trinajstić information content (AvgIpc) is 2.77. The number of rotatable bonds is 10. The van der Waals surface area contributed by atoms with Crippen molar-refractivity contribution in [2.24, 2.45) is 22.9 Å². The Morgan fingerprint density at radius 3 is 2.00 bits per heavy atom. The van der Waals surface area contributed by atoms with Crippen LogP contribution in [0.2, 0.25) is 0 Å². The number of nitrogens with zero attached hydrogens (tertiary/aromatic N) is 2. The molecule has 0 unspecified atom stereocenters. The summed E-state index contributed by atoms with van der Waals surface area (Å²) in [7, 11) is 0. The molecule has 1 aliphatic carbocycles. The first-order valence-corrected chi connectivity index (χ1v) is 11.1. The molecule has 2 heterocycles. The maximum absolute atomic E-state index is 7.77. The van der Waals surface area contributed by atoms with Gasteiger partial charge in [0.05, 0.1) is 29.9 Å². The number of aromatic nitrogens is 2. The van der Waals surface area contributed by atoms with Crippen molar-refractivity contribution in [1.82, 2.24) is 20.6 Å². The number of anilines is 1. The van der Waals surface area contributed by atoms with Gasteiger partial charge in [-0.05, 0) is 12.5 Å². The zero-order valence-corrected chi connectivity index (χ0v) is 19.6. The summed E-state index contributed by atoms with van der Waals surface area (Å²) in [6.07, 6.45) is 6.13. The molecule has 2 aromatic heterocycles. The van der Waals surface area contributed by atoms with E-state index in [2.05, 4.69) is 32.5 Å². The molecular formula is C22H32N12O2. The summed E-state index contributed by atoms with van der Waals surface area (Å²) in [5.74, 6) is 0.711. The Morgan fingerprint density at radius 1 is 0.889 bits per heavy atom. The number of nitrogens with two attached hydrogens (primary N) is 4. The molecule has 1 aliphatic rings. The monoisotopic (exact) mass is 496 g/mol. The third-order valence-electron chi connectivity index (χ3n) is 5.42. The van der Waals surface area contributed by atoms with Gasteiger partial charge in [-0.2, -0.15) is 0 Å². The van der Waals surface area contributed by atoms with Crippen LogP contribution in [-0.4, -0.2) is 52.0 Å². The van der Waals surface area contributed by atoms with E-state index in [-0.39, 0.29) is 30.0 Å². The van der Waals surface area contributed by atoms with E-state index >= 15 is 0 Å². The number of ether oxygens (including phenoxy) is 2. The highest BCUT2D eigenvalue weighted by molar-refractivity contribution is 5.80. The lowest BCUT2D eigenvalue weighted by atomic mass is 9.85. The Kier molecular flexibility index (Phi) is 8.33. The molecule has 0 spiro atoms. The molecule has 0 radical (unpaired) electrons. The summed E-state index contributed by atoms with van der Waals surface area (Å²) in [6.45, 7) is 3.65. The number of nitrogens with one attached hydrogen (secondary N) is 6. The van der Waals surface area contributed by atoms with Gasteiger partial charge in [0.25, 0.3) is 0 Å². The van der Waals surface area contributed by atoms with Gasteiger partial charge in [-0.1, -0.05) is 6.58 Å². The van der Waals surface area contributed by atoms with E-state index in [9.17, 15) is 0 Å². The van der Waals surface area contributed by atoms with E-state index in [0.717, 1.165) is 0 Å². The Morgan fingerprint density at radius 2 is 1.44 bits per heavy atom. The fourth-order valence-corrected chi connectivity index (χ4v) is 4.04. The van der Waals surface area contributed by atoms with Gasteiger partial charge in [-0.25, -0.2) is 0 Å². The molecule has 14 N–H and O–H groups in total. The molecule has 2 aromatic rings. The van der Waals surface area contributed by atoms with Crippen molar-refractivity contribution < 1.29 is 9.47 Å². The van der Waals surface area contributed by atoms with Crippen molar-refractivity contribution in [2.45, 2.75) is 43.6 Å². The lowest BCUT2D eigenvalue weighted by molar-refractivity contribution is 0.0296. The second-order valence-corrected chi connectivity index (χ2v) is 8.32. The summed E-state index contributed by atoms with van der Waals surface area (Å²) >= 11 is 0. The molecule has 1 fully saturated rings. The van der Waals surface area contributed by atoms with Crippen molar-refractivity contribution in [2.75, 3.05) is 5.32 Å². The molecule has 0 amide bonds. The molecule has 0 aliphatic heterocycles. The Bertz CT molecular complexity index is 1040. The molecule has 0 aromatic carbocycles. The van der Waals surface area contributed by atoms with Gasteiger partial charge < -0.3 is 48.4 Å². The van der Waals surface area contributed by atoms with Crippen LogP contribution in [0.25, 0.3) is 0 Å². The van der Waals surface area contributed by atoms with Crippen LogP contribution >= 0.6 is 0 Å². The van der Waals surface area contributed by atoms with E-state index in [1.165, 1.54) is 0 Å². The lowest BCUT2D eigenvalue weighted by Crippen LogP contribution is -2.61. The van der Waals surface area contributed by atoms with E-state index in [0.29, 0.717) is 35.6 Å². The number of hydrogen-bond acceptors (Lipinski definition) is 9. The van der Waals surface area contributed by atoms with Crippen LogP contribution < -0.4 is 48.4 Å². The van der Waals surface area contributed by atoms with E-state index in [1.807, 2.05) is 0 Å². The third kappa shape index (κ3) is 7.12. The molecule has 3 rings (SSSR count).